The van der Waals surface area contributed by atoms with Gasteiger partial charge in [0.1, 0.15) is 17.1 Å². The van der Waals surface area contributed by atoms with E-state index in [2.05, 4.69) is 10.4 Å². The number of rotatable bonds is 7. The van der Waals surface area contributed by atoms with Crippen LogP contribution in [-0.4, -0.2) is 34.5 Å². The summed E-state index contributed by atoms with van der Waals surface area (Å²) in [5.74, 6) is 0.866. The lowest BCUT2D eigenvalue weighted by molar-refractivity contribution is 0.0951. The summed E-state index contributed by atoms with van der Waals surface area (Å²) in [7, 11) is 3.12. The fourth-order valence-electron chi connectivity index (χ4n) is 3.29. The highest BCUT2D eigenvalue weighted by molar-refractivity contribution is 5.97. The third kappa shape index (κ3) is 4.00. The van der Waals surface area contributed by atoms with Gasteiger partial charge in [0.25, 0.3) is 5.91 Å². The first-order chi connectivity index (χ1) is 15.1. The molecule has 7 nitrogen and oxygen atoms in total. The zero-order valence-electron chi connectivity index (χ0n) is 17.1. The summed E-state index contributed by atoms with van der Waals surface area (Å²) in [6, 6.07) is 15.4. The Hall–Kier alpha value is -4.07. The maximum absolute atomic E-state index is 14.4. The number of carbonyl (C=O) groups excluding carboxylic acids is 1. The second-order valence-corrected chi connectivity index (χ2v) is 6.71. The van der Waals surface area contributed by atoms with Crippen LogP contribution in [0, 0.1) is 5.82 Å². The monoisotopic (exact) mass is 420 g/mol. The summed E-state index contributed by atoms with van der Waals surface area (Å²) in [5, 5.41) is 7.18. The summed E-state index contributed by atoms with van der Waals surface area (Å²) in [4.78, 5) is 13.0. The van der Waals surface area contributed by atoms with Crippen LogP contribution in [-0.2, 0) is 6.54 Å². The van der Waals surface area contributed by atoms with Gasteiger partial charge in [0, 0.05) is 18.9 Å². The number of nitrogens with one attached hydrogen (secondary N) is 1. The van der Waals surface area contributed by atoms with Gasteiger partial charge in [-0.2, -0.15) is 5.10 Å². The molecule has 158 valence electrons. The maximum atomic E-state index is 14.4. The van der Waals surface area contributed by atoms with E-state index in [-0.39, 0.29) is 18.1 Å². The van der Waals surface area contributed by atoms with Crippen LogP contribution in [0.15, 0.2) is 73.2 Å². The highest BCUT2D eigenvalue weighted by atomic mass is 19.1. The molecule has 0 fully saturated rings. The van der Waals surface area contributed by atoms with Gasteiger partial charge in [0.05, 0.1) is 20.4 Å². The standard InChI is InChI=1S/C23H21FN4O3/c1-30-20-10-9-16(13-21(20)31-2)14-25-22(29)17-15-26-28(19-8-4-3-7-18(19)24)23(17)27-11-5-6-12-27/h3-13,15H,14H2,1-2H3,(H,25,29). The van der Waals surface area contributed by atoms with Crippen molar-refractivity contribution in [1.29, 1.82) is 0 Å². The van der Waals surface area contributed by atoms with E-state index in [0.717, 1.165) is 5.56 Å². The van der Waals surface area contributed by atoms with Gasteiger partial charge in [-0.15, -0.1) is 0 Å². The van der Waals surface area contributed by atoms with E-state index in [1.54, 1.807) is 61.5 Å². The van der Waals surface area contributed by atoms with E-state index in [9.17, 15) is 9.18 Å². The molecule has 4 aromatic rings. The minimum atomic E-state index is -0.434. The van der Waals surface area contributed by atoms with Crippen molar-refractivity contribution in [2.45, 2.75) is 6.54 Å². The SMILES string of the molecule is COc1ccc(CNC(=O)c2cnn(-c3ccccc3F)c2-n2cccc2)cc1OC. The van der Waals surface area contributed by atoms with Crippen molar-refractivity contribution in [2.24, 2.45) is 0 Å². The van der Waals surface area contributed by atoms with E-state index in [1.165, 1.54) is 16.9 Å². The Morgan fingerprint density at radius 1 is 1.03 bits per heavy atom. The van der Waals surface area contributed by atoms with Crippen molar-refractivity contribution in [3.8, 4) is 23.0 Å². The predicted octanol–water partition coefficient (Wildman–Crippen LogP) is 3.75. The third-order valence-electron chi connectivity index (χ3n) is 4.82. The van der Waals surface area contributed by atoms with Crippen LogP contribution in [0.3, 0.4) is 0 Å². The minimum Gasteiger partial charge on any atom is -0.493 e. The molecule has 4 rings (SSSR count). The molecule has 1 amide bonds. The molecular weight excluding hydrogens is 399 g/mol. The van der Waals surface area contributed by atoms with Crippen LogP contribution in [0.1, 0.15) is 15.9 Å². The van der Waals surface area contributed by atoms with Crippen LogP contribution >= 0.6 is 0 Å². The fourth-order valence-corrected chi connectivity index (χ4v) is 3.29. The lowest BCUT2D eigenvalue weighted by Gasteiger charge is -2.12. The summed E-state index contributed by atoms with van der Waals surface area (Å²) in [6.07, 6.45) is 4.99. The van der Waals surface area contributed by atoms with E-state index in [0.29, 0.717) is 22.9 Å². The number of hydrogen-bond acceptors (Lipinski definition) is 4. The maximum Gasteiger partial charge on any atom is 0.256 e. The number of para-hydroxylation sites is 1. The predicted molar refractivity (Wildman–Crippen MR) is 114 cm³/mol. The first kappa shape index (κ1) is 20.2. The quantitative estimate of drug-likeness (QED) is 0.494. The van der Waals surface area contributed by atoms with Crippen LogP contribution in [0.5, 0.6) is 11.5 Å². The summed E-state index contributed by atoms with van der Waals surface area (Å²) >= 11 is 0. The van der Waals surface area contributed by atoms with Gasteiger partial charge in [-0.1, -0.05) is 18.2 Å². The molecule has 1 N–H and O–H groups in total. The Bertz CT molecular complexity index is 1200. The van der Waals surface area contributed by atoms with Crippen LogP contribution in [0.2, 0.25) is 0 Å². The molecule has 0 aliphatic rings. The molecule has 31 heavy (non-hydrogen) atoms. The van der Waals surface area contributed by atoms with Crippen molar-refractivity contribution in [3.63, 3.8) is 0 Å². The van der Waals surface area contributed by atoms with Crippen LogP contribution in [0.4, 0.5) is 4.39 Å². The molecule has 0 saturated heterocycles. The number of aromatic nitrogens is 3. The number of halogens is 1. The van der Waals surface area contributed by atoms with Crippen molar-refractivity contribution >= 4 is 5.91 Å². The van der Waals surface area contributed by atoms with Gasteiger partial charge in [0.2, 0.25) is 0 Å². The van der Waals surface area contributed by atoms with Gasteiger partial charge < -0.3 is 19.4 Å². The van der Waals surface area contributed by atoms with Gasteiger partial charge in [-0.25, -0.2) is 9.07 Å². The Balaban J connectivity index is 1.64. The largest absolute Gasteiger partial charge is 0.493 e. The van der Waals surface area contributed by atoms with Gasteiger partial charge in [0.15, 0.2) is 17.3 Å². The second kappa shape index (κ2) is 8.74. The molecule has 0 aliphatic heterocycles. The number of ether oxygens (including phenoxy) is 2. The number of hydrogen-bond donors (Lipinski definition) is 1. The minimum absolute atomic E-state index is 0.255. The molecule has 8 heteroatoms. The zero-order valence-corrected chi connectivity index (χ0v) is 17.1. The number of carbonyl (C=O) groups is 1. The molecule has 0 bridgehead atoms. The average Bonchev–Trinajstić information content (AvgIpc) is 3.47. The molecule has 0 spiro atoms. The summed E-state index contributed by atoms with van der Waals surface area (Å²) < 4.78 is 28.1. The molecule has 2 heterocycles. The van der Waals surface area contributed by atoms with Crippen molar-refractivity contribution < 1.29 is 18.7 Å². The van der Waals surface area contributed by atoms with Crippen LogP contribution < -0.4 is 14.8 Å². The normalized spacial score (nSPS) is 10.7. The molecule has 2 aromatic heterocycles. The number of nitrogens with zero attached hydrogens (tertiary/aromatic N) is 3. The Morgan fingerprint density at radius 3 is 2.48 bits per heavy atom. The Labute approximate surface area is 178 Å². The summed E-state index contributed by atoms with van der Waals surface area (Å²) in [6.45, 7) is 0.273. The first-order valence-corrected chi connectivity index (χ1v) is 9.57. The second-order valence-electron chi connectivity index (χ2n) is 6.71. The molecular formula is C23H21FN4O3. The average molecular weight is 420 g/mol. The van der Waals surface area contributed by atoms with Crippen LogP contribution in [0.25, 0.3) is 11.5 Å². The first-order valence-electron chi connectivity index (χ1n) is 9.57. The van der Waals surface area contributed by atoms with Gasteiger partial charge in [-0.05, 0) is 42.0 Å². The number of benzene rings is 2. The lowest BCUT2D eigenvalue weighted by Crippen LogP contribution is -2.24. The van der Waals surface area contributed by atoms with E-state index < -0.39 is 5.82 Å². The molecule has 0 aliphatic carbocycles. The smallest absolute Gasteiger partial charge is 0.256 e. The highest BCUT2D eigenvalue weighted by Gasteiger charge is 2.21. The molecule has 0 saturated carbocycles. The highest BCUT2D eigenvalue weighted by Crippen LogP contribution is 2.27. The fraction of sp³-hybridized carbons (Fsp3) is 0.130. The number of amides is 1. The number of methoxy groups -OCH3 is 2. The third-order valence-corrected chi connectivity index (χ3v) is 4.82. The molecule has 2 aromatic carbocycles. The molecule has 0 unspecified atom stereocenters. The van der Waals surface area contributed by atoms with Gasteiger partial charge in [-0.3, -0.25) is 4.79 Å². The van der Waals surface area contributed by atoms with Gasteiger partial charge >= 0.3 is 0 Å². The topological polar surface area (TPSA) is 70.3 Å². The van der Waals surface area contributed by atoms with Crippen molar-refractivity contribution in [3.05, 3.63) is 90.1 Å². The Kier molecular flexibility index (Phi) is 5.70. The van der Waals surface area contributed by atoms with E-state index in [1.807, 2.05) is 18.2 Å². The summed E-state index contributed by atoms with van der Waals surface area (Å²) in [5.41, 5.74) is 1.42. The van der Waals surface area contributed by atoms with Crippen molar-refractivity contribution in [2.75, 3.05) is 14.2 Å². The van der Waals surface area contributed by atoms with Crippen molar-refractivity contribution in [1.82, 2.24) is 19.7 Å². The Morgan fingerprint density at radius 2 is 1.77 bits per heavy atom. The van der Waals surface area contributed by atoms with E-state index >= 15 is 0 Å². The van der Waals surface area contributed by atoms with E-state index in [4.69, 9.17) is 9.47 Å². The molecule has 0 radical (unpaired) electrons. The lowest BCUT2D eigenvalue weighted by atomic mass is 10.2. The zero-order chi connectivity index (χ0) is 21.8. The molecule has 0 atom stereocenters.